The van der Waals surface area contributed by atoms with Crippen molar-refractivity contribution in [3.63, 3.8) is 0 Å². The molecule has 0 heterocycles. The first-order chi connectivity index (χ1) is 16.3. The van der Waals surface area contributed by atoms with Crippen LogP contribution in [0.5, 0.6) is 0 Å². The highest BCUT2D eigenvalue weighted by molar-refractivity contribution is 9.25. The Morgan fingerprint density at radius 2 is 0.583 bits per heavy atom. The highest BCUT2D eigenvalue weighted by atomic mass is 33.3. The van der Waals surface area contributed by atoms with Crippen LogP contribution in [0.25, 0.3) is 0 Å². The lowest BCUT2D eigenvalue weighted by molar-refractivity contribution is 1.87. The summed E-state index contributed by atoms with van der Waals surface area (Å²) in [6.07, 6.45) is 0. The van der Waals surface area contributed by atoms with Gasteiger partial charge in [0, 0.05) is 0 Å². The quantitative estimate of drug-likeness (QED) is 0.135. The molecule has 0 nitrogen and oxygen atoms in total. The Kier molecular flexibility index (Phi) is 38.0. The van der Waals surface area contributed by atoms with E-state index in [-0.39, 0.29) is 106 Å². The summed E-state index contributed by atoms with van der Waals surface area (Å²) >= 11 is 0. The van der Waals surface area contributed by atoms with E-state index in [0.717, 1.165) is 7.96 Å². The lowest BCUT2D eigenvalue weighted by Gasteiger charge is -2.64. The van der Waals surface area contributed by atoms with Gasteiger partial charge in [0.25, 0.3) is 0 Å². The van der Waals surface area contributed by atoms with Gasteiger partial charge in [-0.2, -0.15) is 0 Å². The second-order valence-corrected chi connectivity index (χ2v) is 133. The minimum atomic E-state index is -0.201. The molecule has 0 radical (unpaired) electrons. The maximum atomic E-state index is 3.39. The standard InChI is InChI=1S/CH39P35/c2-21-35(32(15)16)25(36(33(17)18)34(19)20)1(22(26(3)4)27(5)6,23(28(7)8)29(9)10)24(30(11)12)31(13)14/h21H,2-20H2. The van der Waals surface area contributed by atoms with Crippen LogP contribution < -0.4 is 0 Å². The van der Waals surface area contributed by atoms with Crippen LogP contribution in [-0.4, -0.2) is 4.38 Å². The van der Waals surface area contributed by atoms with E-state index < -0.39 is 0 Å². The molecule has 218 valence electrons. The van der Waals surface area contributed by atoms with E-state index in [1.807, 2.05) is 0 Å². The first-order valence-corrected chi connectivity index (χ1v) is 68.9. The van der Waals surface area contributed by atoms with Crippen molar-refractivity contribution in [2.45, 2.75) is 4.38 Å². The molecule has 0 aliphatic carbocycles. The van der Waals surface area contributed by atoms with Crippen molar-refractivity contribution in [3.05, 3.63) is 0 Å². The summed E-state index contributed by atoms with van der Waals surface area (Å²) < 4.78 is 0.491. The van der Waals surface area contributed by atoms with Crippen LogP contribution in [0.1, 0.15) is 0 Å². The number of rotatable bonds is 16. The Morgan fingerprint density at radius 1 is 0.333 bits per heavy atom. The molecule has 22 unspecified atom stereocenters. The summed E-state index contributed by atoms with van der Waals surface area (Å²) in [6, 6.07) is 0. The average molecular weight is 1140 g/mol. The summed E-state index contributed by atoms with van der Waals surface area (Å²) in [7, 11) is 64.4. The van der Waals surface area contributed by atoms with Gasteiger partial charge in [-0.15, -0.1) is 170 Å². The largest absolute Gasteiger partial charge is 0.109 e. The molecule has 0 fully saturated rings. The zero-order valence-electron chi connectivity index (χ0n) is 18.7. The molecule has 0 saturated carbocycles. The molecule has 36 heavy (non-hydrogen) atoms. The third-order valence-electron chi connectivity index (χ3n) is 3.48. The molecular weight excluding hydrogens is 1100 g/mol. The molecule has 0 aliphatic heterocycles. The Hall–Kier alpha value is 15.0. The Bertz CT molecular complexity index is 497. The first-order valence-electron chi connectivity index (χ1n) is 8.25. The smallest absolute Gasteiger partial charge is 0.0855 e. The molecule has 0 aromatic heterocycles. The van der Waals surface area contributed by atoms with Crippen molar-refractivity contribution in [1.82, 2.24) is 0 Å². The van der Waals surface area contributed by atoms with Crippen molar-refractivity contribution >= 4 is 284 Å². The summed E-state index contributed by atoms with van der Waals surface area (Å²) in [5, 5.41) is 0. The van der Waals surface area contributed by atoms with Gasteiger partial charge in [-0.1, -0.05) is 7.96 Å². The third-order valence-corrected chi connectivity index (χ3v) is 177. The molecule has 0 aromatic rings. The zero-order chi connectivity index (χ0) is 28.9. The van der Waals surface area contributed by atoms with Crippen LogP contribution in [0.15, 0.2) is 0 Å². The summed E-state index contributed by atoms with van der Waals surface area (Å²) in [5.41, 5.74) is 0. The van der Waals surface area contributed by atoms with Crippen molar-refractivity contribution in [3.8, 4) is 0 Å². The molecule has 0 aromatic carbocycles. The Balaban J connectivity index is 8.50. The molecule has 0 N–H and O–H groups in total. The van der Waals surface area contributed by atoms with Crippen molar-refractivity contribution in [2.75, 3.05) is 0 Å². The van der Waals surface area contributed by atoms with E-state index in [0.29, 0.717) is 4.38 Å². The maximum absolute atomic E-state index is 3.39. The zero-order valence-corrected chi connectivity index (χ0v) is 55.0. The van der Waals surface area contributed by atoms with E-state index in [1.165, 1.54) is 0 Å². The van der Waals surface area contributed by atoms with Crippen molar-refractivity contribution in [1.29, 1.82) is 0 Å². The lowest BCUT2D eigenvalue weighted by Crippen LogP contribution is -2.11. The van der Waals surface area contributed by atoms with Gasteiger partial charge >= 0.3 is 0 Å². The van der Waals surface area contributed by atoms with Gasteiger partial charge in [0.1, 0.15) is 0 Å². The first kappa shape index (κ1) is 51.0. The van der Waals surface area contributed by atoms with Gasteiger partial charge < -0.3 is 0 Å². The minimum absolute atomic E-state index is 0.0652. The summed E-state index contributed by atoms with van der Waals surface area (Å²) in [4.78, 5) is 0. The van der Waals surface area contributed by atoms with E-state index >= 15 is 0 Å². The second-order valence-electron chi connectivity index (χ2n) is 5.86. The number of hydrogen-bond donors (Lipinski definition) is 0. The highest BCUT2D eigenvalue weighted by Crippen LogP contribution is 3.34. The molecular formula is CH39P35. The third kappa shape index (κ3) is 15.7. The van der Waals surface area contributed by atoms with Gasteiger partial charge in [-0.25, -0.2) is 0 Å². The average Bonchev–Trinajstić information content (AvgIpc) is 2.64. The van der Waals surface area contributed by atoms with E-state index in [1.54, 1.807) is 0 Å². The molecule has 0 saturated heterocycles. The Labute approximate surface area is 284 Å². The molecule has 0 rings (SSSR count). The van der Waals surface area contributed by atoms with Gasteiger partial charge in [0.2, 0.25) is 0 Å². The fourth-order valence-corrected chi connectivity index (χ4v) is 340. The monoisotopic (exact) mass is 1140 g/mol. The van der Waals surface area contributed by atoms with Crippen LogP contribution in [0.4, 0.5) is 0 Å². The normalized spacial score (nSPS) is 16.3. The van der Waals surface area contributed by atoms with Crippen molar-refractivity contribution < 1.29 is 0 Å². The minimum Gasteiger partial charge on any atom is -0.109 e. The van der Waals surface area contributed by atoms with Crippen LogP contribution in [0.2, 0.25) is 0 Å². The fourth-order valence-electron chi connectivity index (χ4n) is 2.62. The topological polar surface area (TPSA) is 0 Å². The molecule has 0 amide bonds. The summed E-state index contributed by atoms with van der Waals surface area (Å²) in [5.74, 6) is 0. The number of hydrogen-bond acceptors (Lipinski definition) is 0. The maximum Gasteiger partial charge on any atom is 0.0855 e. The molecule has 22 atom stereocenters. The van der Waals surface area contributed by atoms with Crippen molar-refractivity contribution in [2.24, 2.45) is 0 Å². The van der Waals surface area contributed by atoms with Crippen LogP contribution in [-0.2, 0) is 0 Å². The van der Waals surface area contributed by atoms with Crippen LogP contribution >= 0.6 is 284 Å². The van der Waals surface area contributed by atoms with Crippen LogP contribution in [0.3, 0.4) is 0 Å². The highest BCUT2D eigenvalue weighted by Gasteiger charge is 2.65. The second kappa shape index (κ2) is 26.8. The predicted octanol–water partition coefficient (Wildman–Crippen LogP) is 19.5. The molecule has 0 spiro atoms. The Morgan fingerprint density at radius 3 is 0.722 bits per heavy atom. The van der Waals surface area contributed by atoms with Gasteiger partial charge in [0.05, 0.1) is 4.38 Å². The van der Waals surface area contributed by atoms with E-state index in [4.69, 9.17) is 0 Å². The van der Waals surface area contributed by atoms with E-state index in [2.05, 4.69) is 170 Å². The van der Waals surface area contributed by atoms with Gasteiger partial charge in [-0.05, 0) is 106 Å². The fraction of sp³-hybridized carbons (Fsp3) is 1.00. The lowest BCUT2D eigenvalue weighted by atomic mass is 11.8. The van der Waals surface area contributed by atoms with Crippen LogP contribution in [0, 0.1) is 0 Å². The molecule has 35 heteroatoms. The van der Waals surface area contributed by atoms with E-state index in [9.17, 15) is 0 Å². The molecule has 0 bridgehead atoms. The van der Waals surface area contributed by atoms with Gasteiger partial charge in [-0.3, -0.25) is 0 Å². The van der Waals surface area contributed by atoms with Gasteiger partial charge in [0.15, 0.2) is 0 Å². The summed E-state index contributed by atoms with van der Waals surface area (Å²) in [6.45, 7) is -1.80. The molecule has 0 aliphatic rings. The predicted molar refractivity (Wildman–Crippen MR) is 299 cm³/mol. The SMILES string of the molecule is PPP(P(P)P)P(P(P(P)P)P(P)P)C(P(P(P)P)P(P)P)(P(P(P)P)P(P)P)P(P(P)P)P(P)P.